The van der Waals surface area contributed by atoms with E-state index in [1.165, 1.54) is 6.07 Å². The first kappa shape index (κ1) is 13.2. The molecule has 1 N–H and O–H groups in total. The molecule has 0 saturated heterocycles. The Labute approximate surface area is 121 Å². The predicted molar refractivity (Wildman–Crippen MR) is 78.7 cm³/mol. The molecule has 3 rings (SSSR count). The molecule has 4 heteroatoms. The first-order valence-electron chi connectivity index (χ1n) is 6.58. The van der Waals surface area contributed by atoms with E-state index >= 15 is 0 Å². The molecule has 3 aromatic rings. The van der Waals surface area contributed by atoms with Crippen molar-refractivity contribution in [1.29, 1.82) is 0 Å². The lowest BCUT2D eigenvalue weighted by Gasteiger charge is -2.06. The van der Waals surface area contributed by atoms with Crippen molar-refractivity contribution in [3.8, 4) is 5.75 Å². The fraction of sp³-hybridized carbons (Fsp3) is 0.118. The van der Waals surface area contributed by atoms with Crippen LogP contribution in [0.1, 0.15) is 21.7 Å². The van der Waals surface area contributed by atoms with Gasteiger partial charge < -0.3 is 14.3 Å². The monoisotopic (exact) mass is 282 g/mol. The minimum Gasteiger partial charge on any atom is -0.485 e. The van der Waals surface area contributed by atoms with Crippen LogP contribution in [0.2, 0.25) is 0 Å². The highest BCUT2D eigenvalue weighted by atomic mass is 16.5. The summed E-state index contributed by atoms with van der Waals surface area (Å²) in [5.74, 6) is 0.506. The van der Waals surface area contributed by atoms with Gasteiger partial charge in [-0.2, -0.15) is 0 Å². The van der Waals surface area contributed by atoms with Crippen molar-refractivity contribution in [3.63, 3.8) is 0 Å². The number of carboxylic acid groups (broad SMARTS) is 1. The number of carbonyl (C=O) groups is 1. The highest BCUT2D eigenvalue weighted by molar-refractivity contribution is 5.92. The van der Waals surface area contributed by atoms with Crippen LogP contribution in [0.3, 0.4) is 0 Å². The van der Waals surface area contributed by atoms with Gasteiger partial charge in [-0.05, 0) is 36.8 Å². The molecule has 0 amide bonds. The Kier molecular flexibility index (Phi) is 3.36. The number of para-hydroxylation sites is 1. The van der Waals surface area contributed by atoms with Gasteiger partial charge in [-0.3, -0.25) is 0 Å². The number of aromatic carboxylic acids is 1. The molecule has 2 aromatic carbocycles. The number of aryl methyl sites for hydroxylation is 1. The van der Waals surface area contributed by atoms with Crippen molar-refractivity contribution < 1.29 is 19.1 Å². The predicted octanol–water partition coefficient (Wildman–Crippen LogP) is 4.02. The smallest absolute Gasteiger partial charge is 0.335 e. The third-order valence-electron chi connectivity index (χ3n) is 3.28. The molecule has 106 valence electrons. The number of hydrogen-bond donors (Lipinski definition) is 1. The van der Waals surface area contributed by atoms with Crippen LogP contribution < -0.4 is 4.74 Å². The number of hydrogen-bond acceptors (Lipinski definition) is 3. The van der Waals surface area contributed by atoms with E-state index in [0.717, 1.165) is 16.7 Å². The maximum Gasteiger partial charge on any atom is 0.335 e. The Balaban J connectivity index is 1.82. The molecule has 0 radical (unpaired) electrons. The largest absolute Gasteiger partial charge is 0.485 e. The minimum atomic E-state index is -0.967. The molecular weight excluding hydrogens is 268 g/mol. The highest BCUT2D eigenvalue weighted by Gasteiger charge is 2.09. The Morgan fingerprint density at radius 3 is 2.76 bits per heavy atom. The van der Waals surface area contributed by atoms with Gasteiger partial charge in [-0.25, -0.2) is 4.79 Å². The lowest BCUT2D eigenvalue weighted by molar-refractivity contribution is 0.0697. The van der Waals surface area contributed by atoms with Crippen LogP contribution in [-0.4, -0.2) is 11.1 Å². The molecule has 4 nitrogen and oxygen atoms in total. The van der Waals surface area contributed by atoms with Crippen LogP contribution in [0.4, 0.5) is 0 Å². The van der Waals surface area contributed by atoms with Gasteiger partial charge in [0.1, 0.15) is 23.7 Å². The molecule has 0 aliphatic heterocycles. The van der Waals surface area contributed by atoms with Gasteiger partial charge in [0.05, 0.1) is 5.56 Å². The van der Waals surface area contributed by atoms with Gasteiger partial charge in [-0.1, -0.05) is 24.3 Å². The summed E-state index contributed by atoms with van der Waals surface area (Å²) in [7, 11) is 0. The first-order valence-corrected chi connectivity index (χ1v) is 6.58. The zero-order valence-corrected chi connectivity index (χ0v) is 11.5. The second-order valence-electron chi connectivity index (χ2n) is 4.82. The van der Waals surface area contributed by atoms with Crippen molar-refractivity contribution in [2.75, 3.05) is 0 Å². The Hall–Kier alpha value is -2.75. The first-order chi connectivity index (χ1) is 10.1. The Morgan fingerprint density at radius 1 is 1.19 bits per heavy atom. The third kappa shape index (κ3) is 2.74. The zero-order valence-electron chi connectivity index (χ0n) is 11.5. The van der Waals surface area contributed by atoms with E-state index in [4.69, 9.17) is 14.3 Å². The normalized spacial score (nSPS) is 10.7. The Bertz CT molecular complexity index is 801. The number of furan rings is 1. The van der Waals surface area contributed by atoms with Gasteiger partial charge in [-0.15, -0.1) is 0 Å². The van der Waals surface area contributed by atoms with Crippen LogP contribution in [0.15, 0.2) is 52.9 Å². The summed E-state index contributed by atoms with van der Waals surface area (Å²) >= 11 is 0. The molecular formula is C17H14O4. The average Bonchev–Trinajstić information content (AvgIpc) is 2.88. The maximum atomic E-state index is 10.9. The van der Waals surface area contributed by atoms with Crippen LogP contribution >= 0.6 is 0 Å². The van der Waals surface area contributed by atoms with E-state index in [-0.39, 0.29) is 5.56 Å². The molecule has 1 heterocycles. The lowest BCUT2D eigenvalue weighted by atomic mass is 10.2. The summed E-state index contributed by atoms with van der Waals surface area (Å²) in [5, 5.41) is 9.83. The number of carboxylic acids is 1. The van der Waals surface area contributed by atoms with Crippen molar-refractivity contribution in [3.05, 3.63) is 65.4 Å². The van der Waals surface area contributed by atoms with E-state index in [2.05, 4.69) is 0 Å². The fourth-order valence-corrected chi connectivity index (χ4v) is 2.16. The summed E-state index contributed by atoms with van der Waals surface area (Å²) in [6.45, 7) is 2.29. The van der Waals surface area contributed by atoms with E-state index in [0.29, 0.717) is 18.0 Å². The molecule has 0 atom stereocenters. The lowest BCUT2D eigenvalue weighted by Crippen LogP contribution is -1.95. The van der Waals surface area contributed by atoms with Crippen molar-refractivity contribution in [1.82, 2.24) is 0 Å². The number of benzene rings is 2. The van der Waals surface area contributed by atoms with Gasteiger partial charge in [0.25, 0.3) is 0 Å². The molecule has 21 heavy (non-hydrogen) atoms. The summed E-state index contributed by atoms with van der Waals surface area (Å²) in [6.07, 6.45) is 0. The standard InChI is InChI=1S/C17H14O4/c1-11-4-2-3-5-15(11)20-10-14-8-12-6-7-13(17(18)19)9-16(12)21-14/h2-9H,10H2,1H3,(H,18,19). The molecule has 0 aliphatic rings. The number of rotatable bonds is 4. The average molecular weight is 282 g/mol. The molecule has 0 fully saturated rings. The van der Waals surface area contributed by atoms with Crippen LogP contribution in [0.5, 0.6) is 5.75 Å². The Morgan fingerprint density at radius 2 is 2.00 bits per heavy atom. The molecule has 1 aromatic heterocycles. The second-order valence-corrected chi connectivity index (χ2v) is 4.82. The molecule has 0 bridgehead atoms. The molecule has 0 spiro atoms. The summed E-state index contributed by atoms with van der Waals surface area (Å²) in [6, 6.07) is 14.4. The summed E-state index contributed by atoms with van der Waals surface area (Å²) in [4.78, 5) is 10.9. The highest BCUT2D eigenvalue weighted by Crippen LogP contribution is 2.23. The molecule has 0 unspecified atom stereocenters. The summed E-state index contributed by atoms with van der Waals surface area (Å²) in [5.41, 5.74) is 1.82. The van der Waals surface area contributed by atoms with Crippen LogP contribution in [-0.2, 0) is 6.61 Å². The van der Waals surface area contributed by atoms with Crippen LogP contribution in [0, 0.1) is 6.92 Å². The quantitative estimate of drug-likeness (QED) is 0.785. The molecule has 0 saturated carbocycles. The second kappa shape index (κ2) is 5.32. The summed E-state index contributed by atoms with van der Waals surface area (Å²) < 4.78 is 11.4. The zero-order chi connectivity index (χ0) is 14.8. The van der Waals surface area contributed by atoms with Gasteiger partial charge in [0.2, 0.25) is 0 Å². The SMILES string of the molecule is Cc1ccccc1OCc1cc2ccc(C(=O)O)cc2o1. The minimum absolute atomic E-state index is 0.211. The van der Waals surface area contributed by atoms with Crippen molar-refractivity contribution in [2.45, 2.75) is 13.5 Å². The van der Waals surface area contributed by atoms with Gasteiger partial charge >= 0.3 is 5.97 Å². The number of ether oxygens (including phenoxy) is 1. The topological polar surface area (TPSA) is 59.7 Å². The van der Waals surface area contributed by atoms with E-state index in [1.54, 1.807) is 12.1 Å². The maximum absolute atomic E-state index is 10.9. The van der Waals surface area contributed by atoms with Crippen molar-refractivity contribution in [2.24, 2.45) is 0 Å². The van der Waals surface area contributed by atoms with Gasteiger partial charge in [0, 0.05) is 5.39 Å². The van der Waals surface area contributed by atoms with E-state index in [1.807, 2.05) is 37.3 Å². The number of fused-ring (bicyclic) bond motifs is 1. The van der Waals surface area contributed by atoms with E-state index in [9.17, 15) is 4.79 Å². The molecule has 0 aliphatic carbocycles. The van der Waals surface area contributed by atoms with Crippen molar-refractivity contribution >= 4 is 16.9 Å². The van der Waals surface area contributed by atoms with Crippen LogP contribution in [0.25, 0.3) is 11.0 Å². The third-order valence-corrected chi connectivity index (χ3v) is 3.28. The van der Waals surface area contributed by atoms with Gasteiger partial charge in [0.15, 0.2) is 0 Å². The van der Waals surface area contributed by atoms with E-state index < -0.39 is 5.97 Å². The fourth-order valence-electron chi connectivity index (χ4n) is 2.16.